The summed E-state index contributed by atoms with van der Waals surface area (Å²) < 4.78 is 12.6. The number of carbonyl (C=O) groups is 2. The van der Waals surface area contributed by atoms with Crippen LogP contribution in [0.5, 0.6) is 0 Å². The summed E-state index contributed by atoms with van der Waals surface area (Å²) in [6.07, 6.45) is 5.51. The van der Waals surface area contributed by atoms with Gasteiger partial charge in [-0.1, -0.05) is 29.8 Å². The molecule has 7 heteroatoms. The van der Waals surface area contributed by atoms with E-state index in [0.29, 0.717) is 17.1 Å². The summed E-state index contributed by atoms with van der Waals surface area (Å²) in [6.45, 7) is 1.15. The first-order chi connectivity index (χ1) is 14.1. The van der Waals surface area contributed by atoms with Crippen molar-refractivity contribution >= 4 is 23.5 Å². The average Bonchev–Trinajstić information content (AvgIpc) is 3.15. The molecule has 0 radical (unpaired) electrons. The molecule has 1 unspecified atom stereocenters. The third-order valence-corrected chi connectivity index (χ3v) is 5.57. The number of hydrogen-bond acceptors (Lipinski definition) is 4. The van der Waals surface area contributed by atoms with E-state index in [1.165, 1.54) is 0 Å². The van der Waals surface area contributed by atoms with Gasteiger partial charge in [-0.25, -0.2) is 4.79 Å². The van der Waals surface area contributed by atoms with Crippen LogP contribution in [0, 0.1) is 0 Å². The quantitative estimate of drug-likeness (QED) is 0.611. The van der Waals surface area contributed by atoms with E-state index in [1.54, 1.807) is 6.07 Å². The maximum absolute atomic E-state index is 12.9. The van der Waals surface area contributed by atoms with Gasteiger partial charge in [0, 0.05) is 37.3 Å². The SMILES string of the molecule is Cn1cccc1C(=O)N1CCCCC1CCOC(=O)COCc1ccccc1Cl. The van der Waals surface area contributed by atoms with Gasteiger partial charge in [-0.3, -0.25) is 4.79 Å². The number of nitrogens with zero attached hydrogens (tertiary/aromatic N) is 2. The number of benzene rings is 1. The number of likely N-dealkylation sites (tertiary alicyclic amines) is 1. The summed E-state index contributed by atoms with van der Waals surface area (Å²) in [5, 5.41) is 0.612. The lowest BCUT2D eigenvalue weighted by molar-refractivity contribution is -0.149. The van der Waals surface area contributed by atoms with Gasteiger partial charge >= 0.3 is 5.97 Å². The Balaban J connectivity index is 1.42. The number of aryl methyl sites for hydroxylation is 1. The maximum Gasteiger partial charge on any atom is 0.332 e. The van der Waals surface area contributed by atoms with Gasteiger partial charge in [0.15, 0.2) is 0 Å². The van der Waals surface area contributed by atoms with Crippen molar-refractivity contribution in [2.75, 3.05) is 19.8 Å². The zero-order valence-electron chi connectivity index (χ0n) is 16.7. The lowest BCUT2D eigenvalue weighted by Gasteiger charge is -2.35. The zero-order valence-corrected chi connectivity index (χ0v) is 17.4. The summed E-state index contributed by atoms with van der Waals surface area (Å²) >= 11 is 6.07. The Morgan fingerprint density at radius 2 is 2.00 bits per heavy atom. The van der Waals surface area contributed by atoms with Crippen LogP contribution in [-0.4, -0.2) is 47.1 Å². The topological polar surface area (TPSA) is 60.8 Å². The number of esters is 1. The molecule has 6 nitrogen and oxygen atoms in total. The highest BCUT2D eigenvalue weighted by atomic mass is 35.5. The number of rotatable bonds is 8. The lowest BCUT2D eigenvalue weighted by Crippen LogP contribution is -2.44. The normalized spacial score (nSPS) is 16.6. The molecule has 1 aliphatic heterocycles. The molecule has 0 aliphatic carbocycles. The fourth-order valence-electron chi connectivity index (χ4n) is 3.61. The summed E-state index contributed by atoms with van der Waals surface area (Å²) in [7, 11) is 1.87. The van der Waals surface area contributed by atoms with Gasteiger partial charge in [-0.2, -0.15) is 0 Å². The van der Waals surface area contributed by atoms with Crippen LogP contribution in [-0.2, 0) is 27.9 Å². The van der Waals surface area contributed by atoms with E-state index in [1.807, 2.05) is 53.0 Å². The van der Waals surface area contributed by atoms with Gasteiger partial charge in [0.25, 0.3) is 5.91 Å². The van der Waals surface area contributed by atoms with Crippen molar-refractivity contribution in [1.82, 2.24) is 9.47 Å². The Labute approximate surface area is 176 Å². The molecule has 1 aromatic carbocycles. The van der Waals surface area contributed by atoms with Crippen molar-refractivity contribution in [3.05, 3.63) is 58.9 Å². The molecule has 1 fully saturated rings. The molecule has 1 aromatic heterocycles. The Bertz CT molecular complexity index is 836. The number of halogens is 1. The molecule has 156 valence electrons. The molecule has 0 bridgehead atoms. The van der Waals surface area contributed by atoms with Crippen LogP contribution in [0.1, 0.15) is 41.7 Å². The average molecular weight is 419 g/mol. The molecule has 2 heterocycles. The Morgan fingerprint density at radius 1 is 1.17 bits per heavy atom. The standard InChI is InChI=1S/C22H27ClN2O4/c1-24-12-6-10-20(24)22(27)25-13-5-4-8-18(25)11-14-29-21(26)16-28-15-17-7-2-3-9-19(17)23/h2-3,6-7,9-10,12,18H,4-5,8,11,13-16H2,1H3. The molecular formula is C22H27ClN2O4. The van der Waals surface area contributed by atoms with Crippen LogP contribution < -0.4 is 0 Å². The Kier molecular flexibility index (Phi) is 7.72. The van der Waals surface area contributed by atoms with Crippen LogP contribution >= 0.6 is 11.6 Å². The largest absolute Gasteiger partial charge is 0.464 e. The van der Waals surface area contributed by atoms with Gasteiger partial charge in [-0.15, -0.1) is 0 Å². The minimum Gasteiger partial charge on any atom is -0.464 e. The molecule has 1 aliphatic rings. The minimum absolute atomic E-state index is 0.0385. The predicted molar refractivity (Wildman–Crippen MR) is 111 cm³/mol. The van der Waals surface area contributed by atoms with Crippen molar-refractivity contribution in [2.45, 2.75) is 38.3 Å². The molecule has 3 rings (SSSR count). The lowest BCUT2D eigenvalue weighted by atomic mass is 9.99. The first kappa shape index (κ1) is 21.4. The highest BCUT2D eigenvalue weighted by molar-refractivity contribution is 6.31. The fraction of sp³-hybridized carbons (Fsp3) is 0.455. The predicted octanol–water partition coefficient (Wildman–Crippen LogP) is 3.82. The first-order valence-electron chi connectivity index (χ1n) is 9.95. The van der Waals surface area contributed by atoms with E-state index in [2.05, 4.69) is 0 Å². The third-order valence-electron chi connectivity index (χ3n) is 5.20. The monoisotopic (exact) mass is 418 g/mol. The Hall–Kier alpha value is -2.31. The van der Waals surface area contributed by atoms with Gasteiger partial charge in [0.05, 0.1) is 13.2 Å². The number of amides is 1. The summed E-state index contributed by atoms with van der Waals surface area (Å²) in [4.78, 5) is 26.7. The molecular weight excluding hydrogens is 392 g/mol. The molecule has 0 spiro atoms. The van der Waals surface area contributed by atoms with Gasteiger partial charge in [0.1, 0.15) is 12.3 Å². The van der Waals surface area contributed by atoms with E-state index < -0.39 is 5.97 Å². The van der Waals surface area contributed by atoms with Crippen molar-refractivity contribution in [2.24, 2.45) is 7.05 Å². The highest BCUT2D eigenvalue weighted by Gasteiger charge is 2.28. The maximum atomic E-state index is 12.9. The molecule has 1 atom stereocenters. The second-order valence-electron chi connectivity index (χ2n) is 7.25. The fourth-order valence-corrected chi connectivity index (χ4v) is 3.80. The second kappa shape index (κ2) is 10.5. The molecule has 29 heavy (non-hydrogen) atoms. The van der Waals surface area contributed by atoms with Crippen LogP contribution in [0.25, 0.3) is 0 Å². The van der Waals surface area contributed by atoms with E-state index in [0.717, 1.165) is 31.4 Å². The summed E-state index contributed by atoms with van der Waals surface area (Å²) in [5.74, 6) is -0.371. The minimum atomic E-state index is -0.409. The second-order valence-corrected chi connectivity index (χ2v) is 7.65. The molecule has 0 saturated carbocycles. The van der Waals surface area contributed by atoms with Crippen LogP contribution in [0.15, 0.2) is 42.6 Å². The number of piperidine rings is 1. The molecule has 1 saturated heterocycles. The van der Waals surface area contributed by atoms with Crippen LogP contribution in [0.3, 0.4) is 0 Å². The van der Waals surface area contributed by atoms with E-state index in [9.17, 15) is 9.59 Å². The van der Waals surface area contributed by atoms with Gasteiger partial charge in [0.2, 0.25) is 0 Å². The smallest absolute Gasteiger partial charge is 0.332 e. The van der Waals surface area contributed by atoms with Gasteiger partial charge in [-0.05, 0) is 43.0 Å². The van der Waals surface area contributed by atoms with E-state index in [4.69, 9.17) is 21.1 Å². The Morgan fingerprint density at radius 3 is 2.76 bits per heavy atom. The van der Waals surface area contributed by atoms with E-state index >= 15 is 0 Å². The van der Waals surface area contributed by atoms with Crippen LogP contribution in [0.4, 0.5) is 0 Å². The van der Waals surface area contributed by atoms with Crippen molar-refractivity contribution in [3.63, 3.8) is 0 Å². The third kappa shape index (κ3) is 5.84. The number of carbonyl (C=O) groups excluding carboxylic acids is 2. The number of ether oxygens (including phenoxy) is 2. The van der Waals surface area contributed by atoms with Crippen molar-refractivity contribution in [1.29, 1.82) is 0 Å². The van der Waals surface area contributed by atoms with Crippen molar-refractivity contribution in [3.8, 4) is 0 Å². The van der Waals surface area contributed by atoms with E-state index in [-0.39, 0.29) is 31.8 Å². The highest BCUT2D eigenvalue weighted by Crippen LogP contribution is 2.22. The van der Waals surface area contributed by atoms with Gasteiger partial charge < -0.3 is 18.9 Å². The summed E-state index contributed by atoms with van der Waals surface area (Å²) in [6, 6.07) is 11.1. The van der Waals surface area contributed by atoms with Crippen molar-refractivity contribution < 1.29 is 19.1 Å². The number of aromatic nitrogens is 1. The zero-order chi connectivity index (χ0) is 20.6. The van der Waals surface area contributed by atoms with Crippen LogP contribution in [0.2, 0.25) is 5.02 Å². The summed E-state index contributed by atoms with van der Waals surface area (Å²) in [5.41, 5.74) is 1.51. The molecule has 1 amide bonds. The molecule has 2 aromatic rings. The molecule has 0 N–H and O–H groups in total. The first-order valence-corrected chi connectivity index (χ1v) is 10.3. The number of hydrogen-bond donors (Lipinski definition) is 0.